The number of halogens is 1. The van der Waals surface area contributed by atoms with Crippen LogP contribution in [-0.2, 0) is 9.53 Å². The van der Waals surface area contributed by atoms with Gasteiger partial charge < -0.3 is 20.7 Å². The Morgan fingerprint density at radius 1 is 1.21 bits per heavy atom. The van der Waals surface area contributed by atoms with Crippen molar-refractivity contribution in [3.05, 3.63) is 29.8 Å². The summed E-state index contributed by atoms with van der Waals surface area (Å²) in [6.45, 7) is 6.43. The van der Waals surface area contributed by atoms with Crippen molar-refractivity contribution in [3.63, 3.8) is 0 Å². The molecule has 0 saturated carbocycles. The number of nitrogens with zero attached hydrogens (tertiary/aromatic N) is 1. The standard InChI is InChI=1S/C17H25N3O3.ClH/c1-12(2)11-15(18)16(21)19-14-5-3-13(4-6-14)17(22)20-7-9-23-10-8-20;/h3-6,12,15H,7-11,18H2,1-2H3,(H,19,21);1H/t15-;/m0./s1. The van der Waals surface area contributed by atoms with Crippen molar-refractivity contribution in [3.8, 4) is 0 Å². The summed E-state index contributed by atoms with van der Waals surface area (Å²) in [5.41, 5.74) is 7.11. The number of carbonyl (C=O) groups excluding carboxylic acids is 2. The number of hydrogen-bond donors (Lipinski definition) is 2. The molecule has 3 N–H and O–H groups in total. The molecule has 1 saturated heterocycles. The number of nitrogens with one attached hydrogen (secondary N) is 1. The third kappa shape index (κ3) is 5.78. The van der Waals surface area contributed by atoms with Gasteiger partial charge in [0.25, 0.3) is 5.91 Å². The normalized spacial score (nSPS) is 15.6. The van der Waals surface area contributed by atoms with E-state index in [1.807, 2.05) is 13.8 Å². The van der Waals surface area contributed by atoms with E-state index in [9.17, 15) is 9.59 Å². The lowest BCUT2D eigenvalue weighted by molar-refractivity contribution is -0.117. The number of ether oxygens (including phenoxy) is 1. The molecule has 0 spiro atoms. The summed E-state index contributed by atoms with van der Waals surface area (Å²) in [6.07, 6.45) is 0.638. The van der Waals surface area contributed by atoms with Gasteiger partial charge in [-0.25, -0.2) is 0 Å². The van der Waals surface area contributed by atoms with Gasteiger partial charge in [-0.15, -0.1) is 12.4 Å². The largest absolute Gasteiger partial charge is 0.378 e. The van der Waals surface area contributed by atoms with E-state index in [-0.39, 0.29) is 24.2 Å². The van der Waals surface area contributed by atoms with Gasteiger partial charge in [0.2, 0.25) is 5.91 Å². The fourth-order valence-electron chi connectivity index (χ4n) is 2.50. The van der Waals surface area contributed by atoms with Crippen LogP contribution in [0.1, 0.15) is 30.6 Å². The molecular weight excluding hydrogens is 330 g/mol. The van der Waals surface area contributed by atoms with Crippen molar-refractivity contribution in [1.82, 2.24) is 4.90 Å². The fourth-order valence-corrected chi connectivity index (χ4v) is 2.50. The van der Waals surface area contributed by atoms with Gasteiger partial charge in [0.05, 0.1) is 19.3 Å². The van der Waals surface area contributed by atoms with Gasteiger partial charge in [-0.3, -0.25) is 9.59 Å². The summed E-state index contributed by atoms with van der Waals surface area (Å²) in [6, 6.07) is 6.38. The van der Waals surface area contributed by atoms with Crippen LogP contribution < -0.4 is 11.1 Å². The Morgan fingerprint density at radius 2 is 1.79 bits per heavy atom. The Bertz CT molecular complexity index is 543. The molecule has 24 heavy (non-hydrogen) atoms. The van der Waals surface area contributed by atoms with Crippen LogP contribution >= 0.6 is 12.4 Å². The lowest BCUT2D eigenvalue weighted by atomic mass is 10.0. The molecule has 134 valence electrons. The topological polar surface area (TPSA) is 84.7 Å². The smallest absolute Gasteiger partial charge is 0.254 e. The first-order valence-electron chi connectivity index (χ1n) is 8.01. The predicted octanol–water partition coefficient (Wildman–Crippen LogP) is 1.89. The Balaban J connectivity index is 0.00000288. The molecule has 0 aromatic heterocycles. The van der Waals surface area contributed by atoms with Crippen LogP contribution in [0.2, 0.25) is 0 Å². The van der Waals surface area contributed by atoms with Gasteiger partial charge in [0.15, 0.2) is 0 Å². The van der Waals surface area contributed by atoms with Crippen LogP contribution in [0, 0.1) is 5.92 Å². The van der Waals surface area contributed by atoms with Gasteiger partial charge in [0.1, 0.15) is 0 Å². The maximum atomic E-state index is 12.3. The summed E-state index contributed by atoms with van der Waals surface area (Å²) in [5.74, 6) is 0.151. The molecule has 1 heterocycles. The summed E-state index contributed by atoms with van der Waals surface area (Å²) in [4.78, 5) is 26.1. The molecule has 2 rings (SSSR count). The van der Waals surface area contributed by atoms with Gasteiger partial charge in [0, 0.05) is 24.3 Å². The molecule has 1 aromatic rings. The summed E-state index contributed by atoms with van der Waals surface area (Å²) < 4.78 is 5.25. The molecule has 1 aliphatic rings. The fraction of sp³-hybridized carbons (Fsp3) is 0.529. The summed E-state index contributed by atoms with van der Waals surface area (Å²) in [7, 11) is 0. The second-order valence-corrected chi connectivity index (χ2v) is 6.21. The molecule has 1 atom stereocenters. The second kappa shape index (κ2) is 9.61. The number of amides is 2. The average Bonchev–Trinajstić information content (AvgIpc) is 2.55. The quantitative estimate of drug-likeness (QED) is 0.844. The van der Waals surface area contributed by atoms with Crippen molar-refractivity contribution in [1.29, 1.82) is 0 Å². The number of hydrogen-bond acceptors (Lipinski definition) is 4. The Morgan fingerprint density at radius 3 is 2.33 bits per heavy atom. The van der Waals surface area contributed by atoms with Crippen LogP contribution in [-0.4, -0.2) is 49.1 Å². The van der Waals surface area contributed by atoms with Crippen LogP contribution in [0.15, 0.2) is 24.3 Å². The minimum Gasteiger partial charge on any atom is -0.378 e. The van der Waals surface area contributed by atoms with Crippen LogP contribution in [0.4, 0.5) is 5.69 Å². The van der Waals surface area contributed by atoms with Crippen LogP contribution in [0.25, 0.3) is 0 Å². The van der Waals surface area contributed by atoms with Gasteiger partial charge in [-0.1, -0.05) is 13.8 Å². The van der Waals surface area contributed by atoms with E-state index in [0.29, 0.717) is 49.9 Å². The van der Waals surface area contributed by atoms with E-state index in [2.05, 4.69) is 5.32 Å². The summed E-state index contributed by atoms with van der Waals surface area (Å²) in [5, 5.41) is 2.78. The second-order valence-electron chi connectivity index (χ2n) is 6.21. The van der Waals surface area contributed by atoms with Gasteiger partial charge in [-0.2, -0.15) is 0 Å². The van der Waals surface area contributed by atoms with E-state index in [1.165, 1.54) is 0 Å². The van der Waals surface area contributed by atoms with Crippen LogP contribution in [0.5, 0.6) is 0 Å². The monoisotopic (exact) mass is 355 g/mol. The number of rotatable bonds is 5. The molecule has 6 nitrogen and oxygen atoms in total. The number of benzene rings is 1. The lowest BCUT2D eigenvalue weighted by Crippen LogP contribution is -2.40. The predicted molar refractivity (Wildman–Crippen MR) is 96.5 cm³/mol. The molecule has 1 aliphatic heterocycles. The van der Waals surface area contributed by atoms with Gasteiger partial charge in [-0.05, 0) is 36.6 Å². The highest BCUT2D eigenvalue weighted by Crippen LogP contribution is 2.13. The third-order valence-corrected chi connectivity index (χ3v) is 3.76. The highest BCUT2D eigenvalue weighted by atomic mass is 35.5. The third-order valence-electron chi connectivity index (χ3n) is 3.76. The van der Waals surface area contributed by atoms with Crippen molar-refractivity contribution in [2.24, 2.45) is 11.7 Å². The summed E-state index contributed by atoms with van der Waals surface area (Å²) >= 11 is 0. The van der Waals surface area contributed by atoms with Crippen molar-refractivity contribution >= 4 is 29.9 Å². The molecule has 0 bridgehead atoms. The van der Waals surface area contributed by atoms with E-state index in [4.69, 9.17) is 10.5 Å². The average molecular weight is 356 g/mol. The first kappa shape index (κ1) is 20.4. The van der Waals surface area contributed by atoms with Crippen molar-refractivity contribution in [2.75, 3.05) is 31.6 Å². The van der Waals surface area contributed by atoms with Crippen molar-refractivity contribution < 1.29 is 14.3 Å². The van der Waals surface area contributed by atoms with Crippen LogP contribution in [0.3, 0.4) is 0 Å². The van der Waals surface area contributed by atoms with E-state index in [0.717, 1.165) is 0 Å². The Kier molecular flexibility index (Phi) is 8.18. The molecule has 0 aliphatic carbocycles. The molecule has 1 fully saturated rings. The number of carbonyl (C=O) groups is 2. The zero-order valence-electron chi connectivity index (χ0n) is 14.2. The minimum absolute atomic E-state index is 0. The number of anilines is 1. The van der Waals surface area contributed by atoms with E-state index >= 15 is 0 Å². The van der Waals surface area contributed by atoms with E-state index in [1.54, 1.807) is 29.2 Å². The number of nitrogens with two attached hydrogens (primary N) is 1. The maximum Gasteiger partial charge on any atom is 0.254 e. The number of morpholine rings is 1. The zero-order chi connectivity index (χ0) is 16.8. The highest BCUT2D eigenvalue weighted by Gasteiger charge is 2.19. The maximum absolute atomic E-state index is 12.3. The van der Waals surface area contributed by atoms with Gasteiger partial charge >= 0.3 is 0 Å². The minimum atomic E-state index is -0.523. The molecular formula is C17H26ClN3O3. The first-order chi connectivity index (χ1) is 11.0. The molecule has 7 heteroatoms. The SMILES string of the molecule is CC(C)C[C@H](N)C(=O)Nc1ccc(C(=O)N2CCOCC2)cc1.Cl. The molecule has 0 unspecified atom stereocenters. The highest BCUT2D eigenvalue weighted by molar-refractivity contribution is 5.97. The Hall–Kier alpha value is -1.63. The Labute approximate surface area is 149 Å². The van der Waals surface area contributed by atoms with E-state index < -0.39 is 6.04 Å². The molecule has 0 radical (unpaired) electrons. The first-order valence-corrected chi connectivity index (χ1v) is 8.01. The lowest BCUT2D eigenvalue weighted by Gasteiger charge is -2.26. The molecule has 2 amide bonds. The van der Waals surface area contributed by atoms with Crippen molar-refractivity contribution in [2.45, 2.75) is 26.3 Å². The zero-order valence-corrected chi connectivity index (χ0v) is 15.0. The molecule has 1 aromatic carbocycles.